The lowest BCUT2D eigenvalue weighted by atomic mass is 10.0. The van der Waals surface area contributed by atoms with E-state index in [1.54, 1.807) is 0 Å². The van der Waals surface area contributed by atoms with Gasteiger partial charge in [0, 0.05) is 6.42 Å². The average molecular weight is 338 g/mol. The van der Waals surface area contributed by atoms with Crippen molar-refractivity contribution in [1.29, 1.82) is 0 Å². The van der Waals surface area contributed by atoms with Crippen LogP contribution >= 0.6 is 0 Å². The number of hydrogen-bond acceptors (Lipinski definition) is 3. The van der Waals surface area contributed by atoms with Gasteiger partial charge in [0.25, 0.3) is 0 Å². The predicted molar refractivity (Wildman–Crippen MR) is 83.0 cm³/mol. The Morgan fingerprint density at radius 1 is 1.04 bits per heavy atom. The molecular weight excluding hydrogens is 321 g/mol. The van der Waals surface area contributed by atoms with Crippen molar-refractivity contribution in [2.75, 3.05) is 6.61 Å². The van der Waals surface area contributed by atoms with Gasteiger partial charge in [-0.3, -0.25) is 0 Å². The fourth-order valence-corrected chi connectivity index (χ4v) is 2.26. The second-order valence-electron chi connectivity index (χ2n) is 5.29. The van der Waals surface area contributed by atoms with Gasteiger partial charge in [-0.25, -0.2) is 4.79 Å². The molecule has 0 aliphatic rings. The van der Waals surface area contributed by atoms with Crippen LogP contribution < -0.4 is 4.74 Å². The fraction of sp³-hybridized carbons (Fsp3) is 0.278. The summed E-state index contributed by atoms with van der Waals surface area (Å²) in [5, 5.41) is 0. The SMILES string of the molecule is Cc1cccc(CCOC(=O)c2ccccc2OC(F)(F)F)c1C. The van der Waals surface area contributed by atoms with Crippen molar-refractivity contribution in [2.45, 2.75) is 26.6 Å². The summed E-state index contributed by atoms with van der Waals surface area (Å²) >= 11 is 0. The maximum absolute atomic E-state index is 12.4. The van der Waals surface area contributed by atoms with Crippen molar-refractivity contribution < 1.29 is 27.4 Å². The van der Waals surface area contributed by atoms with Crippen molar-refractivity contribution in [3.8, 4) is 5.75 Å². The van der Waals surface area contributed by atoms with Gasteiger partial charge < -0.3 is 9.47 Å². The quantitative estimate of drug-likeness (QED) is 0.747. The summed E-state index contributed by atoms with van der Waals surface area (Å²) in [7, 11) is 0. The van der Waals surface area contributed by atoms with Gasteiger partial charge in [0.1, 0.15) is 11.3 Å². The minimum absolute atomic E-state index is 0.0729. The van der Waals surface area contributed by atoms with Gasteiger partial charge in [-0.05, 0) is 42.7 Å². The molecule has 0 heterocycles. The molecule has 2 rings (SSSR count). The molecule has 0 atom stereocenters. The molecule has 0 fully saturated rings. The van der Waals surface area contributed by atoms with Crippen molar-refractivity contribution in [2.24, 2.45) is 0 Å². The van der Waals surface area contributed by atoms with Crippen LogP contribution in [-0.2, 0) is 11.2 Å². The summed E-state index contributed by atoms with van der Waals surface area (Å²) in [4.78, 5) is 12.0. The summed E-state index contributed by atoms with van der Waals surface area (Å²) in [6, 6.07) is 10.9. The highest BCUT2D eigenvalue weighted by molar-refractivity contribution is 5.92. The van der Waals surface area contributed by atoms with Crippen LogP contribution in [0.5, 0.6) is 5.75 Å². The summed E-state index contributed by atoms with van der Waals surface area (Å²) in [6.45, 7) is 4.03. The van der Waals surface area contributed by atoms with Gasteiger partial charge in [0.05, 0.1) is 6.61 Å². The second-order valence-corrected chi connectivity index (χ2v) is 5.29. The lowest BCUT2D eigenvalue weighted by Gasteiger charge is -2.13. The third-order valence-electron chi connectivity index (χ3n) is 3.65. The number of benzene rings is 2. The standard InChI is InChI=1S/C18H17F3O3/c1-12-6-5-7-14(13(12)2)10-11-23-17(22)15-8-3-4-9-16(15)24-18(19,20)21/h3-9H,10-11H2,1-2H3. The molecule has 2 aromatic rings. The molecule has 3 nitrogen and oxygen atoms in total. The zero-order chi connectivity index (χ0) is 17.7. The Kier molecular flexibility index (Phi) is 5.49. The van der Waals surface area contributed by atoms with E-state index in [-0.39, 0.29) is 12.2 Å². The summed E-state index contributed by atoms with van der Waals surface area (Å²) in [5.74, 6) is -1.41. The normalized spacial score (nSPS) is 11.2. The number of carbonyl (C=O) groups is 1. The van der Waals surface area contributed by atoms with E-state index in [0.717, 1.165) is 22.8 Å². The Morgan fingerprint density at radius 3 is 2.46 bits per heavy atom. The number of rotatable bonds is 5. The molecule has 2 aromatic carbocycles. The van der Waals surface area contributed by atoms with Crippen LogP contribution in [0.2, 0.25) is 0 Å². The number of halogens is 3. The minimum atomic E-state index is -4.87. The van der Waals surface area contributed by atoms with E-state index >= 15 is 0 Å². The van der Waals surface area contributed by atoms with Crippen LogP contribution in [0.4, 0.5) is 13.2 Å². The van der Waals surface area contributed by atoms with Crippen LogP contribution in [0.25, 0.3) is 0 Å². The summed E-state index contributed by atoms with van der Waals surface area (Å²) in [6.07, 6.45) is -4.38. The van der Waals surface area contributed by atoms with E-state index in [0.29, 0.717) is 6.42 Å². The van der Waals surface area contributed by atoms with Crippen molar-refractivity contribution in [1.82, 2.24) is 0 Å². The van der Waals surface area contributed by atoms with E-state index in [2.05, 4.69) is 4.74 Å². The van der Waals surface area contributed by atoms with Crippen LogP contribution in [0, 0.1) is 13.8 Å². The van der Waals surface area contributed by atoms with Gasteiger partial charge >= 0.3 is 12.3 Å². The van der Waals surface area contributed by atoms with Gasteiger partial charge in [0.15, 0.2) is 0 Å². The molecule has 0 aliphatic carbocycles. The lowest BCUT2D eigenvalue weighted by Crippen LogP contribution is -2.19. The van der Waals surface area contributed by atoms with Crippen LogP contribution in [0.1, 0.15) is 27.0 Å². The van der Waals surface area contributed by atoms with E-state index in [1.807, 2.05) is 32.0 Å². The van der Waals surface area contributed by atoms with Crippen molar-refractivity contribution >= 4 is 5.97 Å². The first-order valence-corrected chi connectivity index (χ1v) is 7.35. The van der Waals surface area contributed by atoms with E-state index in [1.165, 1.54) is 18.2 Å². The first-order valence-electron chi connectivity index (χ1n) is 7.35. The monoisotopic (exact) mass is 338 g/mol. The highest BCUT2D eigenvalue weighted by Gasteiger charge is 2.33. The van der Waals surface area contributed by atoms with E-state index in [4.69, 9.17) is 4.74 Å². The highest BCUT2D eigenvalue weighted by atomic mass is 19.4. The largest absolute Gasteiger partial charge is 0.573 e. The number of para-hydroxylation sites is 1. The summed E-state index contributed by atoms with van der Waals surface area (Å²) in [5.41, 5.74) is 3.01. The molecule has 0 saturated heterocycles. The van der Waals surface area contributed by atoms with Crippen LogP contribution in [0.15, 0.2) is 42.5 Å². The number of esters is 1. The molecule has 0 aliphatic heterocycles. The second kappa shape index (κ2) is 7.38. The first kappa shape index (κ1) is 17.8. The highest BCUT2D eigenvalue weighted by Crippen LogP contribution is 2.26. The van der Waals surface area contributed by atoms with Gasteiger partial charge in [-0.2, -0.15) is 0 Å². The molecule has 6 heteroatoms. The molecule has 0 spiro atoms. The number of carbonyl (C=O) groups excluding carboxylic acids is 1. The molecule has 0 bridgehead atoms. The van der Waals surface area contributed by atoms with Crippen molar-refractivity contribution in [3.05, 3.63) is 64.7 Å². The Hall–Kier alpha value is -2.50. The zero-order valence-corrected chi connectivity index (χ0v) is 13.3. The number of hydrogen-bond donors (Lipinski definition) is 0. The smallest absolute Gasteiger partial charge is 0.462 e. The Balaban J connectivity index is 2.02. The number of aryl methyl sites for hydroxylation is 1. The van der Waals surface area contributed by atoms with Gasteiger partial charge in [-0.15, -0.1) is 13.2 Å². The van der Waals surface area contributed by atoms with Crippen LogP contribution in [-0.4, -0.2) is 18.9 Å². The first-order chi connectivity index (χ1) is 11.3. The van der Waals surface area contributed by atoms with E-state index < -0.39 is 18.1 Å². The molecule has 24 heavy (non-hydrogen) atoms. The topological polar surface area (TPSA) is 35.5 Å². The number of alkyl halides is 3. The van der Waals surface area contributed by atoms with Gasteiger partial charge in [-0.1, -0.05) is 30.3 Å². The molecule has 0 N–H and O–H groups in total. The molecule has 128 valence electrons. The predicted octanol–water partition coefficient (Wildman–Crippen LogP) is 4.60. The average Bonchev–Trinajstić information content (AvgIpc) is 2.50. The summed E-state index contributed by atoms with van der Waals surface area (Å²) < 4.78 is 46.0. The molecule has 0 saturated carbocycles. The van der Waals surface area contributed by atoms with Crippen molar-refractivity contribution in [3.63, 3.8) is 0 Å². The Labute approximate surface area is 138 Å². The fourth-order valence-electron chi connectivity index (χ4n) is 2.26. The van der Waals surface area contributed by atoms with E-state index in [9.17, 15) is 18.0 Å². The van der Waals surface area contributed by atoms with Crippen LogP contribution in [0.3, 0.4) is 0 Å². The third kappa shape index (κ3) is 4.75. The third-order valence-corrected chi connectivity index (χ3v) is 3.65. The Bertz CT molecular complexity index is 724. The molecule has 0 aromatic heterocycles. The molecule has 0 amide bonds. The Morgan fingerprint density at radius 2 is 1.75 bits per heavy atom. The maximum Gasteiger partial charge on any atom is 0.573 e. The molecule has 0 radical (unpaired) electrons. The zero-order valence-electron chi connectivity index (χ0n) is 13.3. The lowest BCUT2D eigenvalue weighted by molar-refractivity contribution is -0.274. The molecular formula is C18H17F3O3. The van der Waals surface area contributed by atoms with Gasteiger partial charge in [0.2, 0.25) is 0 Å². The minimum Gasteiger partial charge on any atom is -0.462 e. The number of ether oxygens (including phenoxy) is 2. The maximum atomic E-state index is 12.4. The molecule has 0 unspecified atom stereocenters.